The largest absolute Gasteiger partial charge is 0.430 e. The molecule has 0 amide bonds. The molecule has 1 aliphatic rings. The van der Waals surface area contributed by atoms with Crippen LogP contribution in [-0.4, -0.2) is 14.0 Å². The van der Waals surface area contributed by atoms with E-state index in [0.29, 0.717) is 0 Å². The molecule has 0 radical (unpaired) electrons. The Morgan fingerprint density at radius 3 is 2.44 bits per heavy atom. The van der Waals surface area contributed by atoms with E-state index in [-0.39, 0.29) is 11.9 Å². The van der Waals surface area contributed by atoms with Gasteiger partial charge in [-0.2, -0.15) is 0 Å². The van der Waals surface area contributed by atoms with Crippen LogP contribution >= 0.6 is 0 Å². The first-order chi connectivity index (χ1) is 7.44. The third kappa shape index (κ3) is 4.12. The van der Waals surface area contributed by atoms with Gasteiger partial charge in [0.15, 0.2) is 0 Å². The molecule has 0 spiro atoms. The van der Waals surface area contributed by atoms with E-state index in [1.54, 1.807) is 0 Å². The van der Waals surface area contributed by atoms with Crippen LogP contribution in [0.2, 0.25) is 19.6 Å². The second-order valence-electron chi connectivity index (χ2n) is 5.74. The number of esters is 1. The average Bonchev–Trinajstić information content (AvgIpc) is 2.15. The quantitative estimate of drug-likeness (QED) is 0.400. The van der Waals surface area contributed by atoms with Crippen LogP contribution in [0.4, 0.5) is 0 Å². The van der Waals surface area contributed by atoms with Gasteiger partial charge < -0.3 is 4.74 Å². The first-order valence-corrected chi connectivity index (χ1v) is 9.96. The fourth-order valence-electron chi connectivity index (χ4n) is 1.91. The predicted octanol–water partition coefficient (Wildman–Crippen LogP) is 3.89. The molecule has 1 rings (SSSR count). The fourth-order valence-corrected chi connectivity index (χ4v) is 3.02. The van der Waals surface area contributed by atoms with Crippen LogP contribution in [0.25, 0.3) is 0 Å². The van der Waals surface area contributed by atoms with Crippen LogP contribution in [-0.2, 0) is 9.53 Å². The Kier molecular flexibility index (Phi) is 4.78. The van der Waals surface area contributed by atoms with Gasteiger partial charge in [-0.25, -0.2) is 0 Å². The molecule has 1 aliphatic heterocycles. The molecule has 1 atom stereocenters. The SMILES string of the molecule is CCCCCCC1C(=O)O/C1=C\[Si](C)(C)C. The van der Waals surface area contributed by atoms with Gasteiger partial charge in [0.05, 0.1) is 8.07 Å². The molecule has 0 aliphatic carbocycles. The summed E-state index contributed by atoms with van der Waals surface area (Å²) in [6, 6.07) is 0. The number of rotatable bonds is 6. The van der Waals surface area contributed by atoms with Crippen molar-refractivity contribution < 1.29 is 9.53 Å². The molecule has 1 fully saturated rings. The fraction of sp³-hybridized carbons (Fsp3) is 0.769. The Balaban J connectivity index is 2.39. The van der Waals surface area contributed by atoms with E-state index in [2.05, 4.69) is 32.3 Å². The molecule has 0 aromatic heterocycles. The maximum atomic E-state index is 11.3. The van der Waals surface area contributed by atoms with Gasteiger partial charge >= 0.3 is 5.97 Å². The Bertz CT molecular complexity index is 276. The number of hydrogen-bond donors (Lipinski definition) is 0. The van der Waals surface area contributed by atoms with E-state index >= 15 is 0 Å². The second-order valence-corrected chi connectivity index (χ2v) is 10.8. The highest BCUT2D eigenvalue weighted by molar-refractivity contribution is 6.81. The van der Waals surface area contributed by atoms with Gasteiger partial charge in [0.1, 0.15) is 11.7 Å². The van der Waals surface area contributed by atoms with Crippen LogP contribution < -0.4 is 0 Å². The highest BCUT2D eigenvalue weighted by atomic mass is 28.3. The van der Waals surface area contributed by atoms with Gasteiger partial charge in [0, 0.05) is 0 Å². The van der Waals surface area contributed by atoms with E-state index in [4.69, 9.17) is 4.74 Å². The second kappa shape index (κ2) is 5.67. The summed E-state index contributed by atoms with van der Waals surface area (Å²) in [4.78, 5) is 11.3. The minimum absolute atomic E-state index is 0.0130. The molecule has 1 saturated heterocycles. The first-order valence-electron chi connectivity index (χ1n) is 6.38. The lowest BCUT2D eigenvalue weighted by Gasteiger charge is -2.29. The van der Waals surface area contributed by atoms with Crippen molar-refractivity contribution in [3.8, 4) is 0 Å². The molecule has 3 heteroatoms. The topological polar surface area (TPSA) is 26.3 Å². The summed E-state index contributed by atoms with van der Waals surface area (Å²) in [6.07, 6.45) is 5.88. The van der Waals surface area contributed by atoms with E-state index in [9.17, 15) is 4.79 Å². The van der Waals surface area contributed by atoms with Crippen LogP contribution in [0.3, 0.4) is 0 Å². The molecule has 16 heavy (non-hydrogen) atoms. The zero-order chi connectivity index (χ0) is 12.2. The number of carbonyl (C=O) groups is 1. The van der Waals surface area contributed by atoms with Crippen LogP contribution in [0, 0.1) is 5.92 Å². The standard InChI is InChI=1S/C13H24O2Si/c1-5-6-7-8-9-11-12(15-13(11)14)10-16(2,3)4/h10-11H,5-9H2,1-4H3/b12-10-. The highest BCUT2D eigenvalue weighted by Crippen LogP contribution is 2.32. The summed E-state index contributed by atoms with van der Waals surface area (Å²) in [5, 5.41) is 0. The van der Waals surface area contributed by atoms with Crippen LogP contribution in [0.5, 0.6) is 0 Å². The molecule has 92 valence electrons. The Labute approximate surface area is 100 Å². The van der Waals surface area contributed by atoms with Gasteiger partial charge in [-0.3, -0.25) is 4.79 Å². The first kappa shape index (κ1) is 13.5. The van der Waals surface area contributed by atoms with Crippen LogP contribution in [0.1, 0.15) is 39.0 Å². The number of hydrogen-bond acceptors (Lipinski definition) is 2. The van der Waals surface area contributed by atoms with Crippen molar-refractivity contribution in [3.63, 3.8) is 0 Å². The van der Waals surface area contributed by atoms with Crippen molar-refractivity contribution in [2.24, 2.45) is 5.92 Å². The van der Waals surface area contributed by atoms with Crippen molar-refractivity contribution in [2.75, 3.05) is 0 Å². The maximum Gasteiger partial charge on any atom is 0.321 e. The lowest BCUT2D eigenvalue weighted by atomic mass is 9.96. The van der Waals surface area contributed by atoms with E-state index in [0.717, 1.165) is 18.6 Å². The summed E-state index contributed by atoms with van der Waals surface area (Å²) >= 11 is 0. The Hall–Kier alpha value is -0.573. The Morgan fingerprint density at radius 2 is 1.94 bits per heavy atom. The smallest absolute Gasteiger partial charge is 0.321 e. The van der Waals surface area contributed by atoms with Crippen molar-refractivity contribution in [3.05, 3.63) is 11.5 Å². The zero-order valence-electron chi connectivity index (χ0n) is 11.0. The lowest BCUT2D eigenvalue weighted by Crippen LogP contribution is -2.35. The summed E-state index contributed by atoms with van der Waals surface area (Å²) in [5.74, 6) is 1.03. The number of carbonyl (C=O) groups excluding carboxylic acids is 1. The Morgan fingerprint density at radius 1 is 1.25 bits per heavy atom. The van der Waals surface area contributed by atoms with Crippen molar-refractivity contribution in [1.29, 1.82) is 0 Å². The van der Waals surface area contributed by atoms with Gasteiger partial charge in [0.25, 0.3) is 0 Å². The van der Waals surface area contributed by atoms with Gasteiger partial charge in [-0.05, 0) is 6.42 Å². The zero-order valence-corrected chi connectivity index (χ0v) is 12.0. The number of unbranched alkanes of at least 4 members (excludes halogenated alkanes) is 3. The van der Waals surface area contributed by atoms with Gasteiger partial charge in [0.2, 0.25) is 0 Å². The molecule has 0 saturated carbocycles. The molecular weight excluding hydrogens is 216 g/mol. The monoisotopic (exact) mass is 240 g/mol. The normalized spacial score (nSPS) is 23.1. The molecule has 2 nitrogen and oxygen atoms in total. The third-order valence-corrected chi connectivity index (χ3v) is 3.92. The molecule has 0 aromatic carbocycles. The summed E-state index contributed by atoms with van der Waals surface area (Å²) in [5.41, 5.74) is 2.22. The molecular formula is C13H24O2Si. The van der Waals surface area contributed by atoms with E-state index in [1.165, 1.54) is 19.3 Å². The van der Waals surface area contributed by atoms with E-state index < -0.39 is 8.07 Å². The highest BCUT2D eigenvalue weighted by Gasteiger charge is 2.37. The van der Waals surface area contributed by atoms with Crippen molar-refractivity contribution >= 4 is 14.0 Å². The molecule has 1 heterocycles. The molecule has 0 aromatic rings. The summed E-state index contributed by atoms with van der Waals surface area (Å²) in [7, 11) is -1.26. The lowest BCUT2D eigenvalue weighted by molar-refractivity contribution is -0.157. The maximum absolute atomic E-state index is 11.3. The summed E-state index contributed by atoms with van der Waals surface area (Å²) in [6.45, 7) is 9.00. The van der Waals surface area contributed by atoms with Crippen molar-refractivity contribution in [2.45, 2.75) is 58.7 Å². The predicted molar refractivity (Wildman–Crippen MR) is 69.8 cm³/mol. The van der Waals surface area contributed by atoms with Gasteiger partial charge in [-0.15, -0.1) is 0 Å². The third-order valence-electron chi connectivity index (χ3n) is 2.77. The molecule has 0 N–H and O–H groups in total. The number of ether oxygens (including phenoxy) is 1. The molecule has 1 unspecified atom stereocenters. The summed E-state index contributed by atoms with van der Waals surface area (Å²) < 4.78 is 5.14. The van der Waals surface area contributed by atoms with Crippen LogP contribution in [0.15, 0.2) is 11.5 Å². The van der Waals surface area contributed by atoms with E-state index in [1.807, 2.05) is 0 Å². The number of cyclic esters (lactones) is 1. The molecule has 0 bridgehead atoms. The average molecular weight is 240 g/mol. The van der Waals surface area contributed by atoms with Gasteiger partial charge in [-0.1, -0.05) is 57.9 Å². The minimum atomic E-state index is -1.26. The minimum Gasteiger partial charge on any atom is -0.430 e. The van der Waals surface area contributed by atoms with Crippen molar-refractivity contribution in [1.82, 2.24) is 0 Å².